The summed E-state index contributed by atoms with van der Waals surface area (Å²) in [5.74, 6) is -0.356. The van der Waals surface area contributed by atoms with Crippen molar-refractivity contribution in [3.8, 4) is 0 Å². The van der Waals surface area contributed by atoms with Crippen molar-refractivity contribution in [2.24, 2.45) is 5.92 Å². The molecule has 1 saturated carbocycles. The number of hydrogen-bond donors (Lipinski definition) is 1. The smallest absolute Gasteiger partial charge is 0.243 e. The van der Waals surface area contributed by atoms with E-state index in [2.05, 4.69) is 9.62 Å². The minimum Gasteiger partial charge on any atom is -0.300 e. The van der Waals surface area contributed by atoms with Crippen LogP contribution in [0.4, 0.5) is 4.39 Å². The molecule has 3 rings (SSSR count). The molecule has 0 spiro atoms. The molecule has 1 aromatic carbocycles. The number of hydrogen-bond acceptors (Lipinski definition) is 3. The molecule has 0 atom stereocenters. The highest BCUT2D eigenvalue weighted by Crippen LogP contribution is 2.27. The quantitative estimate of drug-likeness (QED) is 0.897. The zero-order valence-electron chi connectivity index (χ0n) is 13.4. The Hall–Kier alpha value is -0.980. The summed E-state index contributed by atoms with van der Waals surface area (Å²) >= 11 is 0. The molecule has 1 aliphatic heterocycles. The summed E-state index contributed by atoms with van der Waals surface area (Å²) in [6.45, 7) is 2.50. The fourth-order valence-corrected chi connectivity index (χ4v) is 4.95. The molecule has 1 N–H and O–H groups in total. The maximum absolute atomic E-state index is 13.6. The lowest BCUT2D eigenvalue weighted by atomic mass is 9.96. The summed E-state index contributed by atoms with van der Waals surface area (Å²) in [5, 5.41) is 0. The SMILES string of the molecule is O=S(=O)(NCC1CCN(C2CCCC2)CC1)c1ccccc1F. The summed E-state index contributed by atoms with van der Waals surface area (Å²) in [6.07, 6.45) is 7.32. The van der Waals surface area contributed by atoms with Crippen LogP contribution in [0.25, 0.3) is 0 Å². The number of halogens is 1. The molecule has 23 heavy (non-hydrogen) atoms. The average molecular weight is 340 g/mol. The zero-order valence-corrected chi connectivity index (χ0v) is 14.2. The highest BCUT2D eigenvalue weighted by molar-refractivity contribution is 7.89. The molecule has 1 aliphatic carbocycles. The number of nitrogens with one attached hydrogen (secondary N) is 1. The van der Waals surface area contributed by atoms with Crippen LogP contribution >= 0.6 is 0 Å². The number of benzene rings is 1. The van der Waals surface area contributed by atoms with E-state index in [1.165, 1.54) is 49.9 Å². The maximum Gasteiger partial charge on any atom is 0.243 e. The maximum atomic E-state index is 13.6. The van der Waals surface area contributed by atoms with Crippen LogP contribution in [0, 0.1) is 11.7 Å². The lowest BCUT2D eigenvalue weighted by molar-refractivity contribution is 0.135. The summed E-state index contributed by atoms with van der Waals surface area (Å²) in [7, 11) is -3.76. The van der Waals surface area contributed by atoms with Crippen LogP contribution in [0.3, 0.4) is 0 Å². The molecular formula is C17H25FN2O2S. The lowest BCUT2D eigenvalue weighted by Gasteiger charge is -2.36. The van der Waals surface area contributed by atoms with Crippen LogP contribution in [0.5, 0.6) is 0 Å². The van der Waals surface area contributed by atoms with Gasteiger partial charge < -0.3 is 4.90 Å². The topological polar surface area (TPSA) is 49.4 Å². The fourth-order valence-electron chi connectivity index (χ4n) is 3.76. The second kappa shape index (κ2) is 7.28. The van der Waals surface area contributed by atoms with Crippen molar-refractivity contribution in [3.63, 3.8) is 0 Å². The second-order valence-corrected chi connectivity index (χ2v) is 8.44. The third kappa shape index (κ3) is 4.11. The van der Waals surface area contributed by atoms with Gasteiger partial charge in [0.25, 0.3) is 0 Å². The predicted molar refractivity (Wildman–Crippen MR) is 88.1 cm³/mol. The van der Waals surface area contributed by atoms with E-state index in [-0.39, 0.29) is 4.90 Å². The van der Waals surface area contributed by atoms with Gasteiger partial charge in [0.1, 0.15) is 10.7 Å². The van der Waals surface area contributed by atoms with Gasteiger partial charge in [-0.3, -0.25) is 0 Å². The van der Waals surface area contributed by atoms with Crippen molar-refractivity contribution in [3.05, 3.63) is 30.1 Å². The van der Waals surface area contributed by atoms with Crippen LogP contribution in [-0.2, 0) is 10.0 Å². The van der Waals surface area contributed by atoms with E-state index in [9.17, 15) is 12.8 Å². The van der Waals surface area contributed by atoms with Gasteiger partial charge in [-0.15, -0.1) is 0 Å². The highest BCUT2D eigenvalue weighted by atomic mass is 32.2. The van der Waals surface area contributed by atoms with E-state index in [1.54, 1.807) is 0 Å². The van der Waals surface area contributed by atoms with Crippen LogP contribution in [-0.4, -0.2) is 39.0 Å². The van der Waals surface area contributed by atoms with Gasteiger partial charge in [0.2, 0.25) is 10.0 Å². The Labute approximate surface area is 138 Å². The molecule has 128 valence electrons. The number of nitrogens with zero attached hydrogens (tertiary/aromatic N) is 1. The monoisotopic (exact) mass is 340 g/mol. The van der Waals surface area contributed by atoms with Crippen molar-refractivity contribution in [2.75, 3.05) is 19.6 Å². The second-order valence-electron chi connectivity index (χ2n) is 6.70. The van der Waals surface area contributed by atoms with Gasteiger partial charge in [-0.1, -0.05) is 25.0 Å². The predicted octanol–water partition coefficient (Wildman–Crippen LogP) is 2.76. The molecule has 0 aromatic heterocycles. The molecule has 2 aliphatic rings. The molecule has 0 amide bonds. The van der Waals surface area contributed by atoms with Gasteiger partial charge in [0.05, 0.1) is 0 Å². The average Bonchev–Trinajstić information content (AvgIpc) is 3.08. The largest absolute Gasteiger partial charge is 0.300 e. The van der Waals surface area contributed by atoms with Crippen molar-refractivity contribution < 1.29 is 12.8 Å². The van der Waals surface area contributed by atoms with Crippen molar-refractivity contribution in [2.45, 2.75) is 49.5 Å². The van der Waals surface area contributed by atoms with Crippen LogP contribution in [0.15, 0.2) is 29.2 Å². The Bertz CT molecular complexity index is 621. The van der Waals surface area contributed by atoms with Crippen molar-refractivity contribution >= 4 is 10.0 Å². The molecular weight excluding hydrogens is 315 g/mol. The Morgan fingerprint density at radius 3 is 2.39 bits per heavy atom. The Kier molecular flexibility index (Phi) is 5.34. The summed E-state index contributed by atoms with van der Waals surface area (Å²) in [5.41, 5.74) is 0. The van der Waals surface area contributed by atoms with E-state index in [0.717, 1.165) is 32.0 Å². The molecule has 1 aromatic rings. The molecule has 0 radical (unpaired) electrons. The van der Waals surface area contributed by atoms with Gasteiger partial charge in [-0.05, 0) is 56.8 Å². The molecule has 0 unspecified atom stereocenters. The van der Waals surface area contributed by atoms with Gasteiger partial charge >= 0.3 is 0 Å². The summed E-state index contributed by atoms with van der Waals surface area (Å²) in [4.78, 5) is 2.30. The lowest BCUT2D eigenvalue weighted by Crippen LogP contribution is -2.42. The third-order valence-electron chi connectivity index (χ3n) is 5.18. The standard InChI is InChI=1S/C17H25FN2O2S/c18-16-7-3-4-8-17(16)23(21,22)19-13-14-9-11-20(12-10-14)15-5-1-2-6-15/h3-4,7-8,14-15,19H,1-2,5-6,9-13H2. The Morgan fingerprint density at radius 1 is 1.09 bits per heavy atom. The fraction of sp³-hybridized carbons (Fsp3) is 0.647. The Balaban J connectivity index is 1.50. The normalized spacial score (nSPS) is 21.8. The number of sulfonamides is 1. The van der Waals surface area contributed by atoms with Crippen LogP contribution in [0.2, 0.25) is 0 Å². The van der Waals surface area contributed by atoms with E-state index in [0.29, 0.717) is 12.5 Å². The minimum atomic E-state index is -3.76. The van der Waals surface area contributed by atoms with Gasteiger partial charge in [-0.25, -0.2) is 17.5 Å². The number of likely N-dealkylation sites (tertiary alicyclic amines) is 1. The van der Waals surface area contributed by atoms with Crippen molar-refractivity contribution in [1.82, 2.24) is 9.62 Å². The summed E-state index contributed by atoms with van der Waals surface area (Å²) in [6, 6.07) is 6.26. The first-order valence-electron chi connectivity index (χ1n) is 8.54. The highest BCUT2D eigenvalue weighted by Gasteiger charge is 2.28. The Morgan fingerprint density at radius 2 is 1.74 bits per heavy atom. The van der Waals surface area contributed by atoms with E-state index < -0.39 is 15.8 Å². The van der Waals surface area contributed by atoms with Crippen molar-refractivity contribution in [1.29, 1.82) is 0 Å². The zero-order chi connectivity index (χ0) is 16.3. The minimum absolute atomic E-state index is 0.261. The number of rotatable bonds is 5. The van der Waals surface area contributed by atoms with E-state index in [4.69, 9.17) is 0 Å². The van der Waals surface area contributed by atoms with Gasteiger partial charge in [-0.2, -0.15) is 0 Å². The van der Waals surface area contributed by atoms with E-state index in [1.807, 2.05) is 0 Å². The first-order valence-corrected chi connectivity index (χ1v) is 10.0. The molecule has 4 nitrogen and oxygen atoms in total. The molecule has 6 heteroatoms. The molecule has 2 fully saturated rings. The van der Waals surface area contributed by atoms with Gasteiger partial charge in [0, 0.05) is 12.6 Å². The third-order valence-corrected chi connectivity index (χ3v) is 6.64. The molecule has 1 heterocycles. The first kappa shape index (κ1) is 16.9. The molecule has 1 saturated heterocycles. The van der Waals surface area contributed by atoms with Crippen LogP contribution < -0.4 is 4.72 Å². The van der Waals surface area contributed by atoms with E-state index >= 15 is 0 Å². The van der Waals surface area contributed by atoms with Crippen LogP contribution in [0.1, 0.15) is 38.5 Å². The molecule has 0 bridgehead atoms. The number of piperidine rings is 1. The first-order chi connectivity index (χ1) is 11.1. The van der Waals surface area contributed by atoms with Gasteiger partial charge in [0.15, 0.2) is 0 Å². The summed E-state index contributed by atoms with van der Waals surface area (Å²) < 4.78 is 40.6.